The van der Waals surface area contributed by atoms with Gasteiger partial charge in [0.05, 0.1) is 24.7 Å². The quantitative estimate of drug-likeness (QED) is 0.588. The van der Waals surface area contributed by atoms with Gasteiger partial charge in [-0.1, -0.05) is 12.1 Å². The van der Waals surface area contributed by atoms with Crippen molar-refractivity contribution in [3.63, 3.8) is 0 Å². The van der Waals surface area contributed by atoms with Gasteiger partial charge in [0, 0.05) is 18.9 Å². The van der Waals surface area contributed by atoms with Crippen LogP contribution in [-0.2, 0) is 21.2 Å². The SMILES string of the molecule is CCOCc1cccc(Oc2ccc(OCCCS(C)(=O)=O)nc2C)c1. The Bertz CT molecular complexity index is 820. The van der Waals surface area contributed by atoms with E-state index >= 15 is 0 Å². The Morgan fingerprint density at radius 1 is 1.15 bits per heavy atom. The van der Waals surface area contributed by atoms with Gasteiger partial charge < -0.3 is 14.2 Å². The van der Waals surface area contributed by atoms with Crippen molar-refractivity contribution in [3.8, 4) is 17.4 Å². The Labute approximate surface area is 155 Å². The summed E-state index contributed by atoms with van der Waals surface area (Å²) in [6.07, 6.45) is 1.65. The molecule has 1 aromatic heterocycles. The first-order valence-electron chi connectivity index (χ1n) is 8.50. The van der Waals surface area contributed by atoms with Crippen molar-refractivity contribution in [1.29, 1.82) is 0 Å². The first-order valence-corrected chi connectivity index (χ1v) is 10.6. The lowest BCUT2D eigenvalue weighted by atomic mass is 10.2. The minimum atomic E-state index is -2.97. The van der Waals surface area contributed by atoms with E-state index in [1.54, 1.807) is 12.1 Å². The minimum absolute atomic E-state index is 0.102. The van der Waals surface area contributed by atoms with E-state index in [1.165, 1.54) is 6.26 Å². The van der Waals surface area contributed by atoms with Crippen molar-refractivity contribution in [3.05, 3.63) is 47.7 Å². The standard InChI is InChI=1S/C19H25NO5S/c1-4-23-14-16-7-5-8-17(13-16)25-18-9-10-19(20-15(18)2)24-11-6-12-26(3,21)22/h5,7-10,13H,4,6,11-12,14H2,1-3H3. The number of aryl methyl sites for hydroxylation is 1. The summed E-state index contributed by atoms with van der Waals surface area (Å²) in [6.45, 7) is 5.31. The van der Waals surface area contributed by atoms with Crippen molar-refractivity contribution < 1.29 is 22.6 Å². The van der Waals surface area contributed by atoms with Crippen molar-refractivity contribution in [1.82, 2.24) is 4.98 Å². The lowest BCUT2D eigenvalue weighted by molar-refractivity contribution is 0.134. The number of ether oxygens (including phenoxy) is 3. The molecule has 0 unspecified atom stereocenters. The van der Waals surface area contributed by atoms with Crippen molar-refractivity contribution in [2.45, 2.75) is 26.9 Å². The fraction of sp³-hybridized carbons (Fsp3) is 0.421. The van der Waals surface area contributed by atoms with E-state index in [0.29, 0.717) is 49.3 Å². The highest BCUT2D eigenvalue weighted by Gasteiger charge is 2.07. The highest BCUT2D eigenvalue weighted by Crippen LogP contribution is 2.26. The van der Waals surface area contributed by atoms with Gasteiger partial charge in [-0.3, -0.25) is 0 Å². The molecule has 142 valence electrons. The largest absolute Gasteiger partial charge is 0.478 e. The number of sulfone groups is 1. The van der Waals surface area contributed by atoms with Crippen LogP contribution in [0, 0.1) is 6.92 Å². The van der Waals surface area contributed by atoms with E-state index in [9.17, 15) is 8.42 Å². The molecule has 0 saturated carbocycles. The van der Waals surface area contributed by atoms with Crippen LogP contribution in [0.2, 0.25) is 0 Å². The molecule has 7 heteroatoms. The molecule has 1 aromatic carbocycles. The predicted molar refractivity (Wildman–Crippen MR) is 101 cm³/mol. The molecule has 2 rings (SSSR count). The van der Waals surface area contributed by atoms with Crippen LogP contribution in [0.5, 0.6) is 17.4 Å². The molecule has 0 aliphatic carbocycles. The number of rotatable bonds is 10. The fourth-order valence-corrected chi connectivity index (χ4v) is 2.90. The molecule has 0 radical (unpaired) electrons. The van der Waals surface area contributed by atoms with E-state index < -0.39 is 9.84 Å². The third-order valence-electron chi connectivity index (χ3n) is 3.52. The van der Waals surface area contributed by atoms with E-state index in [0.717, 1.165) is 5.56 Å². The van der Waals surface area contributed by atoms with Gasteiger partial charge in [-0.25, -0.2) is 13.4 Å². The zero-order valence-electron chi connectivity index (χ0n) is 15.4. The van der Waals surface area contributed by atoms with Crippen LogP contribution in [0.4, 0.5) is 0 Å². The molecule has 26 heavy (non-hydrogen) atoms. The summed E-state index contributed by atoms with van der Waals surface area (Å²) in [5.74, 6) is 1.91. The number of benzene rings is 1. The Balaban J connectivity index is 1.95. The number of aromatic nitrogens is 1. The van der Waals surface area contributed by atoms with Crippen LogP contribution in [0.25, 0.3) is 0 Å². The normalized spacial score (nSPS) is 11.3. The molecule has 2 aromatic rings. The summed E-state index contributed by atoms with van der Waals surface area (Å²) in [4.78, 5) is 4.35. The summed E-state index contributed by atoms with van der Waals surface area (Å²) < 4.78 is 39.0. The van der Waals surface area contributed by atoms with Crippen molar-refractivity contribution >= 4 is 9.84 Å². The van der Waals surface area contributed by atoms with Crippen molar-refractivity contribution in [2.24, 2.45) is 0 Å². The van der Waals surface area contributed by atoms with Gasteiger partial charge in [0.2, 0.25) is 5.88 Å². The third-order valence-corrected chi connectivity index (χ3v) is 4.55. The van der Waals surface area contributed by atoms with Gasteiger partial charge in [-0.05, 0) is 44.0 Å². The molecule has 0 aliphatic rings. The highest BCUT2D eigenvalue weighted by atomic mass is 32.2. The van der Waals surface area contributed by atoms with E-state index in [4.69, 9.17) is 14.2 Å². The molecule has 0 aliphatic heterocycles. The fourth-order valence-electron chi connectivity index (χ4n) is 2.26. The zero-order valence-corrected chi connectivity index (χ0v) is 16.2. The molecule has 0 atom stereocenters. The van der Waals surface area contributed by atoms with Crippen LogP contribution in [0.15, 0.2) is 36.4 Å². The average molecular weight is 379 g/mol. The second-order valence-electron chi connectivity index (χ2n) is 5.95. The van der Waals surface area contributed by atoms with Gasteiger partial charge in [-0.15, -0.1) is 0 Å². The second kappa shape index (κ2) is 9.54. The number of hydrogen-bond acceptors (Lipinski definition) is 6. The lowest BCUT2D eigenvalue weighted by Gasteiger charge is -2.11. The molecule has 0 N–H and O–H groups in total. The van der Waals surface area contributed by atoms with Crippen LogP contribution in [0.1, 0.15) is 24.6 Å². The topological polar surface area (TPSA) is 74.7 Å². The Morgan fingerprint density at radius 3 is 2.65 bits per heavy atom. The summed E-state index contributed by atoms with van der Waals surface area (Å²) in [5.41, 5.74) is 1.74. The van der Waals surface area contributed by atoms with Gasteiger partial charge in [-0.2, -0.15) is 0 Å². The van der Waals surface area contributed by atoms with Crippen LogP contribution >= 0.6 is 0 Å². The summed E-state index contributed by atoms with van der Waals surface area (Å²) in [5, 5.41) is 0. The number of pyridine rings is 1. The van der Waals surface area contributed by atoms with Gasteiger partial charge in [0.15, 0.2) is 0 Å². The maximum absolute atomic E-state index is 11.1. The maximum Gasteiger partial charge on any atom is 0.213 e. The minimum Gasteiger partial charge on any atom is -0.478 e. The summed E-state index contributed by atoms with van der Waals surface area (Å²) >= 11 is 0. The van der Waals surface area contributed by atoms with Crippen LogP contribution < -0.4 is 9.47 Å². The third kappa shape index (κ3) is 7.01. The van der Waals surface area contributed by atoms with E-state index in [-0.39, 0.29) is 5.75 Å². The highest BCUT2D eigenvalue weighted by molar-refractivity contribution is 7.90. The first-order chi connectivity index (χ1) is 12.4. The monoisotopic (exact) mass is 379 g/mol. The molecule has 1 heterocycles. The van der Waals surface area contributed by atoms with Crippen molar-refractivity contribution in [2.75, 3.05) is 25.2 Å². The molecule has 0 amide bonds. The number of hydrogen-bond donors (Lipinski definition) is 0. The molecule has 0 spiro atoms. The maximum atomic E-state index is 11.1. The Hall–Kier alpha value is -2.12. The first kappa shape index (κ1) is 20.2. The molecule has 0 fully saturated rings. The molecule has 6 nitrogen and oxygen atoms in total. The Morgan fingerprint density at radius 2 is 1.96 bits per heavy atom. The number of nitrogens with zero attached hydrogens (tertiary/aromatic N) is 1. The van der Waals surface area contributed by atoms with Gasteiger partial charge in [0.25, 0.3) is 0 Å². The molecule has 0 bridgehead atoms. The lowest BCUT2D eigenvalue weighted by Crippen LogP contribution is -2.08. The molecule has 0 saturated heterocycles. The molecular formula is C19H25NO5S. The van der Waals surface area contributed by atoms with Gasteiger partial charge >= 0.3 is 0 Å². The Kier molecular flexibility index (Phi) is 7.41. The van der Waals surface area contributed by atoms with Gasteiger partial charge in [0.1, 0.15) is 21.3 Å². The summed E-state index contributed by atoms with van der Waals surface area (Å²) in [7, 11) is -2.97. The van der Waals surface area contributed by atoms with E-state index in [1.807, 2.05) is 38.1 Å². The zero-order chi connectivity index (χ0) is 19.0. The molecular weight excluding hydrogens is 354 g/mol. The average Bonchev–Trinajstić information content (AvgIpc) is 2.59. The smallest absolute Gasteiger partial charge is 0.213 e. The van der Waals surface area contributed by atoms with E-state index in [2.05, 4.69) is 4.98 Å². The van der Waals surface area contributed by atoms with Crippen LogP contribution in [0.3, 0.4) is 0 Å². The van der Waals surface area contributed by atoms with Crippen LogP contribution in [-0.4, -0.2) is 38.6 Å². The predicted octanol–water partition coefficient (Wildman–Crippen LogP) is 3.53. The second-order valence-corrected chi connectivity index (χ2v) is 8.21. The summed E-state index contributed by atoms with van der Waals surface area (Å²) in [6, 6.07) is 11.2.